The van der Waals surface area contributed by atoms with E-state index in [1.54, 1.807) is 12.1 Å². The predicted octanol–water partition coefficient (Wildman–Crippen LogP) is 1.59. The first kappa shape index (κ1) is 11.5. The van der Waals surface area contributed by atoms with Gasteiger partial charge in [-0.25, -0.2) is 4.98 Å². The number of aromatic nitrogens is 1. The highest BCUT2D eigenvalue weighted by Crippen LogP contribution is 2.19. The van der Waals surface area contributed by atoms with Gasteiger partial charge in [0.05, 0.1) is 20.3 Å². The van der Waals surface area contributed by atoms with Crippen molar-refractivity contribution in [2.45, 2.75) is 13.5 Å². The van der Waals surface area contributed by atoms with Crippen LogP contribution in [0.2, 0.25) is 0 Å². The Labute approximate surface area is 89.2 Å². The SMILES string of the molecule is C=C(OCC)c1ccc(CO)c(OC)n1. The van der Waals surface area contributed by atoms with Gasteiger partial charge in [-0.15, -0.1) is 0 Å². The van der Waals surface area contributed by atoms with Gasteiger partial charge in [0.1, 0.15) is 11.5 Å². The fourth-order valence-corrected chi connectivity index (χ4v) is 1.17. The van der Waals surface area contributed by atoms with E-state index in [1.165, 1.54) is 7.11 Å². The number of aliphatic hydroxyl groups excluding tert-OH is 1. The molecule has 0 aliphatic heterocycles. The van der Waals surface area contributed by atoms with E-state index in [-0.39, 0.29) is 6.61 Å². The second kappa shape index (κ2) is 5.36. The summed E-state index contributed by atoms with van der Waals surface area (Å²) in [5.41, 5.74) is 1.26. The summed E-state index contributed by atoms with van der Waals surface area (Å²) in [6, 6.07) is 3.48. The molecule has 0 aliphatic rings. The zero-order chi connectivity index (χ0) is 11.3. The largest absolute Gasteiger partial charge is 0.492 e. The Hall–Kier alpha value is -1.55. The van der Waals surface area contributed by atoms with Crippen LogP contribution in [0.3, 0.4) is 0 Å². The van der Waals surface area contributed by atoms with E-state index in [9.17, 15) is 0 Å². The predicted molar refractivity (Wildman–Crippen MR) is 57.4 cm³/mol. The van der Waals surface area contributed by atoms with Gasteiger partial charge in [-0.2, -0.15) is 0 Å². The van der Waals surface area contributed by atoms with Crippen LogP contribution in [0.25, 0.3) is 5.76 Å². The summed E-state index contributed by atoms with van der Waals surface area (Å²) >= 11 is 0. The van der Waals surface area contributed by atoms with Gasteiger partial charge >= 0.3 is 0 Å². The molecule has 82 valence electrons. The lowest BCUT2D eigenvalue weighted by Crippen LogP contribution is -1.99. The number of methoxy groups -OCH3 is 1. The molecule has 0 bridgehead atoms. The lowest BCUT2D eigenvalue weighted by atomic mass is 10.2. The van der Waals surface area contributed by atoms with E-state index >= 15 is 0 Å². The Morgan fingerprint density at radius 2 is 2.27 bits per heavy atom. The lowest BCUT2D eigenvalue weighted by molar-refractivity contribution is 0.270. The molecular formula is C11H15NO3. The topological polar surface area (TPSA) is 51.6 Å². The van der Waals surface area contributed by atoms with Crippen molar-refractivity contribution in [2.24, 2.45) is 0 Å². The van der Waals surface area contributed by atoms with Crippen LogP contribution >= 0.6 is 0 Å². The molecule has 0 radical (unpaired) electrons. The zero-order valence-electron chi connectivity index (χ0n) is 8.99. The first-order chi connectivity index (χ1) is 7.22. The van der Waals surface area contributed by atoms with Gasteiger partial charge in [0.2, 0.25) is 5.88 Å². The Morgan fingerprint density at radius 1 is 1.53 bits per heavy atom. The van der Waals surface area contributed by atoms with Gasteiger partial charge in [0.25, 0.3) is 0 Å². The maximum atomic E-state index is 9.01. The van der Waals surface area contributed by atoms with Crippen LogP contribution < -0.4 is 4.74 Å². The molecule has 15 heavy (non-hydrogen) atoms. The first-order valence-corrected chi connectivity index (χ1v) is 4.69. The molecule has 0 amide bonds. The third-order valence-corrected chi connectivity index (χ3v) is 1.91. The number of hydrogen-bond acceptors (Lipinski definition) is 4. The van der Waals surface area contributed by atoms with Gasteiger partial charge < -0.3 is 14.6 Å². The average Bonchev–Trinajstić information content (AvgIpc) is 2.28. The fourth-order valence-electron chi connectivity index (χ4n) is 1.17. The number of rotatable bonds is 5. The van der Waals surface area contributed by atoms with Crippen LogP contribution in [0.4, 0.5) is 0 Å². The van der Waals surface area contributed by atoms with Crippen LogP contribution in [-0.4, -0.2) is 23.8 Å². The molecule has 0 aromatic carbocycles. The van der Waals surface area contributed by atoms with Crippen molar-refractivity contribution in [3.8, 4) is 5.88 Å². The fraction of sp³-hybridized carbons (Fsp3) is 0.364. The molecule has 0 spiro atoms. The summed E-state index contributed by atoms with van der Waals surface area (Å²) in [4.78, 5) is 4.17. The minimum atomic E-state index is -0.0996. The summed E-state index contributed by atoms with van der Waals surface area (Å²) < 4.78 is 10.3. The Balaban J connectivity index is 2.97. The molecule has 0 saturated carbocycles. The Kier molecular flexibility index (Phi) is 4.12. The quantitative estimate of drug-likeness (QED) is 0.748. The van der Waals surface area contributed by atoms with Gasteiger partial charge in [0, 0.05) is 5.56 Å². The van der Waals surface area contributed by atoms with E-state index < -0.39 is 0 Å². The van der Waals surface area contributed by atoms with Gasteiger partial charge in [-0.1, -0.05) is 6.58 Å². The molecule has 1 aromatic rings. The number of nitrogens with zero attached hydrogens (tertiary/aromatic N) is 1. The molecule has 1 aromatic heterocycles. The second-order valence-electron chi connectivity index (χ2n) is 2.88. The number of ether oxygens (including phenoxy) is 2. The van der Waals surface area contributed by atoms with Crippen LogP contribution in [0, 0.1) is 0 Å². The van der Waals surface area contributed by atoms with E-state index in [2.05, 4.69) is 11.6 Å². The second-order valence-corrected chi connectivity index (χ2v) is 2.88. The summed E-state index contributed by atoms with van der Waals surface area (Å²) in [7, 11) is 1.51. The maximum absolute atomic E-state index is 9.01. The maximum Gasteiger partial charge on any atom is 0.219 e. The Morgan fingerprint density at radius 3 is 2.80 bits per heavy atom. The summed E-state index contributed by atoms with van der Waals surface area (Å²) in [5, 5.41) is 9.01. The van der Waals surface area contributed by atoms with Crippen molar-refractivity contribution < 1.29 is 14.6 Å². The number of pyridine rings is 1. The minimum Gasteiger partial charge on any atom is -0.492 e. The summed E-state index contributed by atoms with van der Waals surface area (Å²) in [5.74, 6) is 0.899. The van der Waals surface area contributed by atoms with E-state index in [1.807, 2.05) is 6.92 Å². The van der Waals surface area contributed by atoms with Crippen LogP contribution in [0.1, 0.15) is 18.2 Å². The van der Waals surface area contributed by atoms with E-state index in [0.717, 1.165) is 0 Å². The molecule has 1 N–H and O–H groups in total. The molecule has 1 rings (SSSR count). The summed E-state index contributed by atoms with van der Waals surface area (Å²) in [6.45, 7) is 6.07. The van der Waals surface area contributed by atoms with E-state index in [0.29, 0.717) is 29.5 Å². The van der Waals surface area contributed by atoms with Crippen molar-refractivity contribution in [1.29, 1.82) is 0 Å². The average molecular weight is 209 g/mol. The molecular weight excluding hydrogens is 194 g/mol. The lowest BCUT2D eigenvalue weighted by Gasteiger charge is -2.09. The Bertz CT molecular complexity index is 350. The molecule has 0 atom stereocenters. The van der Waals surface area contributed by atoms with Crippen LogP contribution in [0.5, 0.6) is 5.88 Å². The third kappa shape index (κ3) is 2.70. The number of hydrogen-bond donors (Lipinski definition) is 1. The molecule has 0 unspecified atom stereocenters. The molecule has 0 saturated heterocycles. The van der Waals surface area contributed by atoms with Crippen molar-refractivity contribution in [3.05, 3.63) is 30.0 Å². The molecule has 4 heteroatoms. The molecule has 4 nitrogen and oxygen atoms in total. The van der Waals surface area contributed by atoms with Crippen molar-refractivity contribution >= 4 is 5.76 Å². The number of aliphatic hydroxyl groups is 1. The van der Waals surface area contributed by atoms with Crippen molar-refractivity contribution in [1.82, 2.24) is 4.98 Å². The van der Waals surface area contributed by atoms with Gasteiger partial charge in [-0.3, -0.25) is 0 Å². The molecule has 0 aliphatic carbocycles. The highest BCUT2D eigenvalue weighted by atomic mass is 16.5. The van der Waals surface area contributed by atoms with Gasteiger partial charge in [0.15, 0.2) is 0 Å². The summed E-state index contributed by atoms with van der Waals surface area (Å²) in [6.07, 6.45) is 0. The highest BCUT2D eigenvalue weighted by Gasteiger charge is 2.07. The molecule has 1 heterocycles. The first-order valence-electron chi connectivity index (χ1n) is 4.69. The standard InChI is InChI=1S/C11H15NO3/c1-4-15-8(2)10-6-5-9(7-13)11(12-10)14-3/h5-6,13H,2,4,7H2,1,3H3. The normalized spacial score (nSPS) is 9.80. The zero-order valence-corrected chi connectivity index (χ0v) is 8.99. The highest BCUT2D eigenvalue weighted by molar-refractivity contribution is 5.54. The van der Waals surface area contributed by atoms with E-state index in [4.69, 9.17) is 14.6 Å². The third-order valence-electron chi connectivity index (χ3n) is 1.91. The van der Waals surface area contributed by atoms with Crippen LogP contribution in [-0.2, 0) is 11.3 Å². The van der Waals surface area contributed by atoms with Crippen molar-refractivity contribution in [3.63, 3.8) is 0 Å². The smallest absolute Gasteiger partial charge is 0.219 e. The minimum absolute atomic E-state index is 0.0996. The monoisotopic (exact) mass is 209 g/mol. The van der Waals surface area contributed by atoms with Crippen LogP contribution in [0.15, 0.2) is 18.7 Å². The van der Waals surface area contributed by atoms with Gasteiger partial charge in [-0.05, 0) is 19.1 Å². The van der Waals surface area contributed by atoms with Crippen molar-refractivity contribution in [2.75, 3.05) is 13.7 Å². The molecule has 0 fully saturated rings.